The predicted octanol–water partition coefficient (Wildman–Crippen LogP) is 1.53. The third-order valence-corrected chi connectivity index (χ3v) is 1.70. The first-order valence-electron chi connectivity index (χ1n) is 3.95. The van der Waals surface area contributed by atoms with Crippen LogP contribution < -0.4 is 0 Å². The number of hydrogen-bond acceptors (Lipinski definition) is 2. The monoisotopic (exact) mass is 180 g/mol. The maximum atomic E-state index is 12.4. The van der Waals surface area contributed by atoms with Crippen molar-refractivity contribution in [3.8, 4) is 0 Å². The van der Waals surface area contributed by atoms with E-state index < -0.39 is 5.78 Å². The Bertz CT molecular complexity index is 303. The summed E-state index contributed by atoms with van der Waals surface area (Å²) in [6, 6.07) is 5.88. The fourth-order valence-corrected chi connectivity index (χ4v) is 0.978. The van der Waals surface area contributed by atoms with Crippen LogP contribution in [-0.4, -0.2) is 12.1 Å². The molecule has 0 bridgehead atoms. The first-order valence-corrected chi connectivity index (χ1v) is 3.95. The summed E-state index contributed by atoms with van der Waals surface area (Å²) in [6.07, 6.45) is 0.983. The Morgan fingerprint density at radius 1 is 1.31 bits per heavy atom. The van der Waals surface area contributed by atoms with Gasteiger partial charge in [0.25, 0.3) is 0 Å². The lowest BCUT2D eigenvalue weighted by Crippen LogP contribution is -2.00. The van der Waals surface area contributed by atoms with Crippen LogP contribution in [0.1, 0.15) is 12.0 Å². The van der Waals surface area contributed by atoms with Crippen LogP contribution in [0.5, 0.6) is 0 Å². The van der Waals surface area contributed by atoms with Crippen LogP contribution in [0.25, 0.3) is 0 Å². The van der Waals surface area contributed by atoms with Gasteiger partial charge in [-0.25, -0.2) is 4.39 Å². The van der Waals surface area contributed by atoms with Crippen molar-refractivity contribution >= 4 is 12.1 Å². The van der Waals surface area contributed by atoms with Crippen molar-refractivity contribution in [1.29, 1.82) is 0 Å². The SMILES string of the molecule is O=CC(=O)CCc1ccc(F)cc1. The standard InChI is InChI=1S/C10H9FO2/c11-9-4-1-8(2-5-9)3-6-10(13)7-12/h1-2,4-5,7H,3,6H2. The quantitative estimate of drug-likeness (QED) is 0.520. The van der Waals surface area contributed by atoms with E-state index in [9.17, 15) is 14.0 Å². The Labute approximate surface area is 75.4 Å². The van der Waals surface area contributed by atoms with Crippen molar-refractivity contribution in [2.45, 2.75) is 12.8 Å². The number of rotatable bonds is 4. The molecule has 1 aromatic carbocycles. The van der Waals surface area contributed by atoms with Gasteiger partial charge in [0.2, 0.25) is 0 Å². The molecule has 0 atom stereocenters. The number of aldehydes is 1. The first kappa shape index (κ1) is 9.58. The lowest BCUT2D eigenvalue weighted by Gasteiger charge is -1.97. The summed E-state index contributed by atoms with van der Waals surface area (Å²) in [5.74, 6) is -0.727. The van der Waals surface area contributed by atoms with Crippen LogP contribution in [0.4, 0.5) is 4.39 Å². The number of carbonyl (C=O) groups is 2. The molecule has 0 saturated carbocycles. The number of Topliss-reactive ketones (excluding diaryl/α,β-unsaturated/α-hetero) is 1. The molecule has 1 rings (SSSR count). The molecule has 0 radical (unpaired) electrons. The van der Waals surface area contributed by atoms with Gasteiger partial charge in [-0.15, -0.1) is 0 Å². The minimum absolute atomic E-state index is 0.190. The van der Waals surface area contributed by atoms with E-state index in [1.165, 1.54) is 12.1 Å². The molecule has 0 aromatic heterocycles. The summed E-state index contributed by atoms with van der Waals surface area (Å²) < 4.78 is 12.4. The average molecular weight is 180 g/mol. The molecule has 0 N–H and O–H groups in total. The molecule has 13 heavy (non-hydrogen) atoms. The highest BCUT2D eigenvalue weighted by Crippen LogP contribution is 2.05. The van der Waals surface area contributed by atoms with Crippen LogP contribution in [-0.2, 0) is 16.0 Å². The van der Waals surface area contributed by atoms with E-state index in [-0.39, 0.29) is 12.2 Å². The van der Waals surface area contributed by atoms with E-state index in [0.29, 0.717) is 12.7 Å². The van der Waals surface area contributed by atoms with Crippen LogP contribution in [0.3, 0.4) is 0 Å². The maximum absolute atomic E-state index is 12.4. The number of aryl methyl sites for hydroxylation is 1. The van der Waals surface area contributed by atoms with Gasteiger partial charge in [-0.1, -0.05) is 12.1 Å². The molecule has 3 heteroatoms. The molecule has 0 unspecified atom stereocenters. The molecule has 0 amide bonds. The van der Waals surface area contributed by atoms with Gasteiger partial charge in [0, 0.05) is 6.42 Å². The van der Waals surface area contributed by atoms with Gasteiger partial charge >= 0.3 is 0 Å². The highest BCUT2D eigenvalue weighted by molar-refractivity contribution is 6.24. The van der Waals surface area contributed by atoms with E-state index in [1.807, 2.05) is 0 Å². The second-order valence-corrected chi connectivity index (χ2v) is 2.71. The van der Waals surface area contributed by atoms with Crippen LogP contribution >= 0.6 is 0 Å². The number of carbonyl (C=O) groups excluding carboxylic acids is 2. The highest BCUT2D eigenvalue weighted by atomic mass is 19.1. The zero-order chi connectivity index (χ0) is 9.68. The van der Waals surface area contributed by atoms with Crippen molar-refractivity contribution in [2.75, 3.05) is 0 Å². The average Bonchev–Trinajstić information content (AvgIpc) is 2.16. The molecule has 0 aliphatic heterocycles. The topological polar surface area (TPSA) is 34.1 Å². The largest absolute Gasteiger partial charge is 0.295 e. The van der Waals surface area contributed by atoms with Gasteiger partial charge in [-0.05, 0) is 24.1 Å². The van der Waals surface area contributed by atoms with Gasteiger partial charge < -0.3 is 0 Å². The van der Waals surface area contributed by atoms with Gasteiger partial charge in [-0.3, -0.25) is 9.59 Å². The maximum Gasteiger partial charge on any atom is 0.195 e. The minimum atomic E-state index is -0.427. The third-order valence-electron chi connectivity index (χ3n) is 1.70. The second-order valence-electron chi connectivity index (χ2n) is 2.71. The number of hydrogen-bond donors (Lipinski definition) is 0. The number of halogens is 1. The zero-order valence-corrected chi connectivity index (χ0v) is 7.00. The van der Waals surface area contributed by atoms with Crippen molar-refractivity contribution < 1.29 is 14.0 Å². The Morgan fingerprint density at radius 2 is 1.92 bits per heavy atom. The number of ketones is 1. The smallest absolute Gasteiger partial charge is 0.195 e. The Morgan fingerprint density at radius 3 is 2.46 bits per heavy atom. The van der Waals surface area contributed by atoms with E-state index in [2.05, 4.69) is 0 Å². The molecule has 68 valence electrons. The Hall–Kier alpha value is -1.51. The summed E-state index contributed by atoms with van der Waals surface area (Å²) in [5, 5.41) is 0. The lowest BCUT2D eigenvalue weighted by molar-refractivity contribution is -0.129. The molecule has 0 saturated heterocycles. The lowest BCUT2D eigenvalue weighted by atomic mass is 10.1. The molecule has 0 fully saturated rings. The second kappa shape index (κ2) is 4.50. The third kappa shape index (κ3) is 3.15. The molecule has 0 heterocycles. The van der Waals surface area contributed by atoms with Crippen LogP contribution in [0.2, 0.25) is 0 Å². The summed E-state index contributed by atoms with van der Waals surface area (Å²) in [5.41, 5.74) is 0.858. The predicted molar refractivity (Wildman–Crippen MR) is 45.8 cm³/mol. The van der Waals surface area contributed by atoms with Gasteiger partial charge in [0.15, 0.2) is 12.1 Å². The van der Waals surface area contributed by atoms with Gasteiger partial charge in [-0.2, -0.15) is 0 Å². The molecule has 0 aliphatic carbocycles. The first-order chi connectivity index (χ1) is 6.22. The number of benzene rings is 1. The Kier molecular flexibility index (Phi) is 3.31. The van der Waals surface area contributed by atoms with E-state index in [0.717, 1.165) is 5.56 Å². The van der Waals surface area contributed by atoms with Crippen molar-refractivity contribution in [3.63, 3.8) is 0 Å². The van der Waals surface area contributed by atoms with E-state index in [4.69, 9.17) is 0 Å². The summed E-state index contributed by atoms with van der Waals surface area (Å²) in [6.45, 7) is 0. The normalized spacial score (nSPS) is 9.62. The summed E-state index contributed by atoms with van der Waals surface area (Å²) in [4.78, 5) is 20.6. The molecular weight excluding hydrogens is 171 g/mol. The molecule has 1 aromatic rings. The van der Waals surface area contributed by atoms with Crippen molar-refractivity contribution in [1.82, 2.24) is 0 Å². The van der Waals surface area contributed by atoms with Gasteiger partial charge in [0.1, 0.15) is 5.82 Å². The van der Waals surface area contributed by atoms with Crippen LogP contribution in [0, 0.1) is 5.82 Å². The fourth-order valence-electron chi connectivity index (χ4n) is 0.978. The van der Waals surface area contributed by atoms with Crippen molar-refractivity contribution in [2.24, 2.45) is 0 Å². The minimum Gasteiger partial charge on any atom is -0.295 e. The fraction of sp³-hybridized carbons (Fsp3) is 0.200. The molecule has 2 nitrogen and oxygen atoms in total. The van der Waals surface area contributed by atoms with E-state index >= 15 is 0 Å². The molecular formula is C10H9FO2. The van der Waals surface area contributed by atoms with Crippen LogP contribution in [0.15, 0.2) is 24.3 Å². The van der Waals surface area contributed by atoms with E-state index in [1.54, 1.807) is 12.1 Å². The Balaban J connectivity index is 2.50. The molecule has 0 spiro atoms. The highest BCUT2D eigenvalue weighted by Gasteiger charge is 2.00. The molecule has 0 aliphatic rings. The zero-order valence-electron chi connectivity index (χ0n) is 7.00. The van der Waals surface area contributed by atoms with Crippen molar-refractivity contribution in [3.05, 3.63) is 35.6 Å². The summed E-state index contributed by atoms with van der Waals surface area (Å²) >= 11 is 0. The summed E-state index contributed by atoms with van der Waals surface area (Å²) in [7, 11) is 0. The van der Waals surface area contributed by atoms with Gasteiger partial charge in [0.05, 0.1) is 0 Å².